The van der Waals surface area contributed by atoms with E-state index in [1.54, 1.807) is 6.20 Å². The summed E-state index contributed by atoms with van der Waals surface area (Å²) in [6, 6.07) is 3.88. The number of likely N-dealkylation sites (tertiary alicyclic amines) is 1. The number of hydrogen-bond acceptors (Lipinski definition) is 6. The molecule has 170 valence electrons. The van der Waals surface area contributed by atoms with Crippen LogP contribution in [-0.4, -0.2) is 104 Å². The Morgan fingerprint density at radius 3 is 2.48 bits per heavy atom. The molecule has 4 heterocycles. The van der Waals surface area contributed by atoms with Crippen LogP contribution < -0.4 is 0 Å². The zero-order valence-corrected chi connectivity index (χ0v) is 18.5. The minimum absolute atomic E-state index is 0.0533. The molecule has 1 atom stereocenters. The maximum absolute atomic E-state index is 12.7. The molecule has 2 amide bonds. The van der Waals surface area contributed by atoms with Gasteiger partial charge in [0.05, 0.1) is 18.3 Å². The first kappa shape index (κ1) is 22.2. The molecule has 3 aliphatic rings. The molecule has 8 nitrogen and oxygen atoms in total. The summed E-state index contributed by atoms with van der Waals surface area (Å²) in [6.45, 7) is 6.22. The van der Waals surface area contributed by atoms with E-state index in [1.165, 1.54) is 0 Å². The summed E-state index contributed by atoms with van der Waals surface area (Å²) >= 11 is 0. The van der Waals surface area contributed by atoms with Crippen molar-refractivity contribution in [2.24, 2.45) is 0 Å². The molecule has 31 heavy (non-hydrogen) atoms. The third-order valence-corrected chi connectivity index (χ3v) is 6.64. The molecule has 3 fully saturated rings. The highest BCUT2D eigenvalue weighted by Crippen LogP contribution is 2.27. The Morgan fingerprint density at radius 1 is 1.06 bits per heavy atom. The van der Waals surface area contributed by atoms with E-state index >= 15 is 0 Å². The largest absolute Gasteiger partial charge is 0.376 e. The van der Waals surface area contributed by atoms with Crippen molar-refractivity contribution in [3.05, 3.63) is 29.6 Å². The molecule has 0 saturated carbocycles. The summed E-state index contributed by atoms with van der Waals surface area (Å²) in [7, 11) is 2.08. The molecular formula is C23H34N4O4. The minimum Gasteiger partial charge on any atom is -0.376 e. The number of pyridine rings is 1. The van der Waals surface area contributed by atoms with E-state index in [9.17, 15) is 9.59 Å². The Kier molecular flexibility index (Phi) is 7.53. The Hall–Kier alpha value is -2.03. The number of amides is 2. The number of hydrogen-bond donors (Lipinski definition) is 0. The fourth-order valence-electron chi connectivity index (χ4n) is 4.53. The smallest absolute Gasteiger partial charge is 0.255 e. The van der Waals surface area contributed by atoms with Crippen LogP contribution in [0.1, 0.15) is 47.7 Å². The van der Waals surface area contributed by atoms with Gasteiger partial charge in [-0.3, -0.25) is 14.6 Å². The van der Waals surface area contributed by atoms with Gasteiger partial charge in [-0.1, -0.05) is 0 Å². The van der Waals surface area contributed by atoms with Gasteiger partial charge in [-0.05, 0) is 44.9 Å². The summed E-state index contributed by atoms with van der Waals surface area (Å²) in [6.07, 6.45) is 5.73. The average molecular weight is 431 g/mol. The van der Waals surface area contributed by atoms with E-state index in [0.29, 0.717) is 18.1 Å². The van der Waals surface area contributed by atoms with Crippen molar-refractivity contribution in [3.8, 4) is 0 Å². The first-order valence-corrected chi connectivity index (χ1v) is 11.5. The van der Waals surface area contributed by atoms with Crippen molar-refractivity contribution in [1.82, 2.24) is 19.7 Å². The molecule has 4 rings (SSSR count). The Balaban J connectivity index is 1.21. The van der Waals surface area contributed by atoms with Crippen molar-refractivity contribution in [3.63, 3.8) is 0 Å². The molecule has 1 aromatic rings. The quantitative estimate of drug-likeness (QED) is 0.679. The molecule has 0 aromatic carbocycles. The van der Waals surface area contributed by atoms with Gasteiger partial charge in [0.15, 0.2) is 0 Å². The highest BCUT2D eigenvalue weighted by molar-refractivity contribution is 5.94. The number of nitrogens with zero attached hydrogens (tertiary/aromatic N) is 4. The van der Waals surface area contributed by atoms with E-state index in [0.717, 1.165) is 77.3 Å². The van der Waals surface area contributed by atoms with Crippen LogP contribution in [0.15, 0.2) is 18.3 Å². The number of piperidine rings is 1. The number of ether oxygens (including phenoxy) is 2. The third kappa shape index (κ3) is 5.81. The van der Waals surface area contributed by atoms with Crippen molar-refractivity contribution < 1.29 is 19.1 Å². The van der Waals surface area contributed by atoms with Crippen molar-refractivity contribution in [1.29, 1.82) is 0 Å². The second kappa shape index (κ2) is 10.5. The molecule has 3 aliphatic heterocycles. The number of carbonyl (C=O) groups excluding carboxylic acids is 2. The summed E-state index contributed by atoms with van der Waals surface area (Å²) in [5, 5.41) is 0. The van der Waals surface area contributed by atoms with Crippen LogP contribution in [0, 0.1) is 0 Å². The topological polar surface area (TPSA) is 75.2 Å². The maximum atomic E-state index is 12.7. The van der Waals surface area contributed by atoms with Crippen LogP contribution in [0.3, 0.4) is 0 Å². The summed E-state index contributed by atoms with van der Waals surface area (Å²) < 4.78 is 11.1. The monoisotopic (exact) mass is 430 g/mol. The fraction of sp³-hybridized carbons (Fsp3) is 0.696. The van der Waals surface area contributed by atoms with Gasteiger partial charge < -0.3 is 24.2 Å². The highest BCUT2D eigenvalue weighted by Gasteiger charge is 2.26. The Labute approximate surface area is 184 Å². The van der Waals surface area contributed by atoms with E-state index in [2.05, 4.69) is 16.9 Å². The molecule has 0 unspecified atom stereocenters. The van der Waals surface area contributed by atoms with Gasteiger partial charge in [0, 0.05) is 63.7 Å². The SMILES string of the molecule is CN1CCN(C(=O)c2ccc(C3CCN(C(=O)COC[C@H]4CCCO4)CC3)nc2)CC1. The van der Waals surface area contributed by atoms with Crippen LogP contribution in [0.4, 0.5) is 0 Å². The molecule has 3 saturated heterocycles. The van der Waals surface area contributed by atoms with Crippen molar-refractivity contribution in [2.75, 3.05) is 66.1 Å². The lowest BCUT2D eigenvalue weighted by Crippen LogP contribution is -2.47. The van der Waals surface area contributed by atoms with E-state index in [-0.39, 0.29) is 24.5 Å². The zero-order valence-electron chi connectivity index (χ0n) is 18.5. The zero-order chi connectivity index (χ0) is 21.6. The number of carbonyl (C=O) groups is 2. The summed E-state index contributed by atoms with van der Waals surface area (Å²) in [4.78, 5) is 35.7. The average Bonchev–Trinajstić information content (AvgIpc) is 3.33. The summed E-state index contributed by atoms with van der Waals surface area (Å²) in [5.41, 5.74) is 1.67. The number of piperazine rings is 1. The third-order valence-electron chi connectivity index (χ3n) is 6.64. The number of likely N-dealkylation sites (N-methyl/N-ethyl adjacent to an activating group) is 1. The van der Waals surface area contributed by atoms with E-state index in [1.807, 2.05) is 21.9 Å². The molecule has 8 heteroatoms. The second-order valence-electron chi connectivity index (χ2n) is 8.87. The van der Waals surface area contributed by atoms with Gasteiger partial charge in [-0.2, -0.15) is 0 Å². The molecule has 0 spiro atoms. The molecule has 0 N–H and O–H groups in total. The predicted octanol–water partition coefficient (Wildman–Crippen LogP) is 1.37. The van der Waals surface area contributed by atoms with E-state index in [4.69, 9.17) is 9.47 Å². The van der Waals surface area contributed by atoms with Crippen LogP contribution in [0.25, 0.3) is 0 Å². The first-order chi connectivity index (χ1) is 15.1. The Bertz CT molecular complexity index is 734. The molecule has 0 bridgehead atoms. The normalized spacial score (nSPS) is 23.3. The lowest BCUT2D eigenvalue weighted by molar-refractivity contribution is -0.138. The number of rotatable bonds is 6. The maximum Gasteiger partial charge on any atom is 0.255 e. The lowest BCUT2D eigenvalue weighted by Gasteiger charge is -2.33. The highest BCUT2D eigenvalue weighted by atomic mass is 16.5. The van der Waals surface area contributed by atoms with Crippen LogP contribution in [0.2, 0.25) is 0 Å². The standard InChI is InChI=1S/C23H34N4O4/c1-25-10-12-27(13-11-25)23(29)19-4-5-21(24-15-19)18-6-8-26(9-7-18)22(28)17-30-16-20-3-2-14-31-20/h4-5,15,18,20H,2-3,6-14,16-17H2,1H3/t20-/m1/s1. The van der Waals surface area contributed by atoms with Gasteiger partial charge in [-0.25, -0.2) is 0 Å². The van der Waals surface area contributed by atoms with Crippen LogP contribution in [0.5, 0.6) is 0 Å². The molecule has 0 radical (unpaired) electrons. The second-order valence-corrected chi connectivity index (χ2v) is 8.87. The molecule has 0 aliphatic carbocycles. The van der Waals surface area contributed by atoms with Gasteiger partial charge >= 0.3 is 0 Å². The number of aromatic nitrogens is 1. The van der Waals surface area contributed by atoms with Crippen molar-refractivity contribution >= 4 is 11.8 Å². The lowest BCUT2D eigenvalue weighted by atomic mass is 9.92. The van der Waals surface area contributed by atoms with Gasteiger partial charge in [0.25, 0.3) is 5.91 Å². The summed E-state index contributed by atoms with van der Waals surface area (Å²) in [5.74, 6) is 0.442. The molecular weight excluding hydrogens is 396 g/mol. The molecule has 1 aromatic heterocycles. The van der Waals surface area contributed by atoms with Gasteiger partial charge in [0.2, 0.25) is 5.91 Å². The van der Waals surface area contributed by atoms with Crippen LogP contribution in [-0.2, 0) is 14.3 Å². The van der Waals surface area contributed by atoms with Gasteiger partial charge in [0.1, 0.15) is 6.61 Å². The fourth-order valence-corrected chi connectivity index (χ4v) is 4.53. The van der Waals surface area contributed by atoms with E-state index < -0.39 is 0 Å². The Morgan fingerprint density at radius 2 is 1.84 bits per heavy atom. The minimum atomic E-state index is 0.0533. The van der Waals surface area contributed by atoms with Gasteiger partial charge in [-0.15, -0.1) is 0 Å². The predicted molar refractivity (Wildman–Crippen MR) is 116 cm³/mol. The van der Waals surface area contributed by atoms with Crippen LogP contribution >= 0.6 is 0 Å². The first-order valence-electron chi connectivity index (χ1n) is 11.5. The van der Waals surface area contributed by atoms with Crippen molar-refractivity contribution in [2.45, 2.75) is 37.7 Å².